The van der Waals surface area contributed by atoms with Gasteiger partial charge in [0.2, 0.25) is 5.91 Å². The zero-order valence-corrected chi connectivity index (χ0v) is 13.1. The van der Waals surface area contributed by atoms with Crippen LogP contribution >= 0.6 is 0 Å². The van der Waals surface area contributed by atoms with E-state index in [1.807, 2.05) is 6.92 Å². The van der Waals surface area contributed by atoms with Gasteiger partial charge in [-0.3, -0.25) is 14.8 Å². The number of nitrogens with zero attached hydrogens (tertiary/aromatic N) is 3. The SMILES string of the molecule is CCN1CCC(CC(=O)NC(C)Cc2cnccn2)CC1. The lowest BCUT2D eigenvalue weighted by Gasteiger charge is -2.30. The number of nitrogens with one attached hydrogen (secondary N) is 1. The Bertz CT molecular complexity index is 429. The van der Waals surface area contributed by atoms with Crippen LogP contribution in [0.25, 0.3) is 0 Å². The molecule has 0 spiro atoms. The Labute approximate surface area is 127 Å². The predicted molar refractivity (Wildman–Crippen MR) is 82.8 cm³/mol. The number of likely N-dealkylation sites (tertiary alicyclic amines) is 1. The fourth-order valence-corrected chi connectivity index (χ4v) is 2.90. The van der Waals surface area contributed by atoms with Crippen LogP contribution in [-0.2, 0) is 11.2 Å². The van der Waals surface area contributed by atoms with Crippen molar-refractivity contribution in [2.75, 3.05) is 19.6 Å². The molecule has 1 saturated heterocycles. The molecule has 0 aliphatic carbocycles. The van der Waals surface area contributed by atoms with E-state index in [1.54, 1.807) is 18.6 Å². The molecule has 5 nitrogen and oxygen atoms in total. The summed E-state index contributed by atoms with van der Waals surface area (Å²) in [4.78, 5) is 22.8. The number of rotatable bonds is 6. The number of piperidine rings is 1. The normalized spacial score (nSPS) is 18.4. The standard InChI is InChI=1S/C16H26N4O/c1-3-20-8-4-14(5-9-20)11-16(21)19-13(2)10-15-12-17-6-7-18-15/h6-7,12-14H,3-5,8-11H2,1-2H3,(H,19,21). The molecule has 1 aliphatic rings. The Kier molecular flexibility index (Phi) is 6.11. The van der Waals surface area contributed by atoms with Crippen LogP contribution in [0.2, 0.25) is 0 Å². The molecule has 1 aromatic rings. The van der Waals surface area contributed by atoms with Crippen LogP contribution in [0.3, 0.4) is 0 Å². The Morgan fingerprint density at radius 3 is 2.81 bits per heavy atom. The van der Waals surface area contributed by atoms with Crippen LogP contribution in [0.4, 0.5) is 0 Å². The zero-order chi connectivity index (χ0) is 15.1. The maximum Gasteiger partial charge on any atom is 0.220 e. The third-order valence-electron chi connectivity index (χ3n) is 4.17. The van der Waals surface area contributed by atoms with Crippen LogP contribution in [0.15, 0.2) is 18.6 Å². The first-order valence-corrected chi connectivity index (χ1v) is 7.94. The summed E-state index contributed by atoms with van der Waals surface area (Å²) in [6, 6.07) is 0.102. The minimum Gasteiger partial charge on any atom is -0.353 e. The summed E-state index contributed by atoms with van der Waals surface area (Å²) in [7, 11) is 0. The molecule has 1 N–H and O–H groups in total. The average molecular weight is 290 g/mol. The highest BCUT2D eigenvalue weighted by atomic mass is 16.1. The summed E-state index contributed by atoms with van der Waals surface area (Å²) < 4.78 is 0. The summed E-state index contributed by atoms with van der Waals surface area (Å²) >= 11 is 0. The number of carbonyl (C=O) groups excluding carboxylic acids is 1. The monoisotopic (exact) mass is 290 g/mol. The van der Waals surface area contributed by atoms with E-state index in [0.29, 0.717) is 12.3 Å². The fourth-order valence-electron chi connectivity index (χ4n) is 2.90. The van der Waals surface area contributed by atoms with Crippen molar-refractivity contribution in [3.8, 4) is 0 Å². The van der Waals surface area contributed by atoms with E-state index in [1.165, 1.54) is 0 Å². The molecule has 1 fully saturated rings. The number of hydrogen-bond acceptors (Lipinski definition) is 4. The van der Waals surface area contributed by atoms with Crippen molar-refractivity contribution in [1.82, 2.24) is 20.2 Å². The van der Waals surface area contributed by atoms with Crippen LogP contribution in [-0.4, -0.2) is 46.5 Å². The molecular weight excluding hydrogens is 264 g/mol. The topological polar surface area (TPSA) is 58.1 Å². The van der Waals surface area contributed by atoms with Gasteiger partial charge in [0.1, 0.15) is 0 Å². The second-order valence-corrected chi connectivity index (χ2v) is 5.95. The van der Waals surface area contributed by atoms with Gasteiger partial charge in [-0.25, -0.2) is 0 Å². The average Bonchev–Trinajstić information content (AvgIpc) is 2.48. The molecule has 2 heterocycles. The second kappa shape index (κ2) is 8.08. The Morgan fingerprint density at radius 1 is 1.43 bits per heavy atom. The molecule has 21 heavy (non-hydrogen) atoms. The van der Waals surface area contributed by atoms with E-state index in [9.17, 15) is 4.79 Å². The van der Waals surface area contributed by atoms with Crippen molar-refractivity contribution in [2.45, 2.75) is 45.6 Å². The largest absolute Gasteiger partial charge is 0.353 e. The highest BCUT2D eigenvalue weighted by Gasteiger charge is 2.21. The molecule has 5 heteroatoms. The van der Waals surface area contributed by atoms with Gasteiger partial charge in [-0.1, -0.05) is 6.92 Å². The molecular formula is C16H26N4O. The Hall–Kier alpha value is -1.49. The third kappa shape index (κ3) is 5.42. The van der Waals surface area contributed by atoms with Gasteiger partial charge in [-0.2, -0.15) is 0 Å². The molecule has 1 aliphatic heterocycles. The van der Waals surface area contributed by atoms with E-state index in [4.69, 9.17) is 0 Å². The maximum atomic E-state index is 12.1. The first kappa shape index (κ1) is 15.9. The molecule has 2 rings (SSSR count). The van der Waals surface area contributed by atoms with E-state index in [2.05, 4.69) is 27.1 Å². The first-order chi connectivity index (χ1) is 10.2. The van der Waals surface area contributed by atoms with Crippen molar-refractivity contribution >= 4 is 5.91 Å². The number of carbonyl (C=O) groups is 1. The summed E-state index contributed by atoms with van der Waals surface area (Å²) in [6.45, 7) is 7.59. The molecule has 0 aromatic carbocycles. The van der Waals surface area contributed by atoms with Gasteiger partial charge in [-0.15, -0.1) is 0 Å². The fraction of sp³-hybridized carbons (Fsp3) is 0.688. The van der Waals surface area contributed by atoms with Crippen molar-refractivity contribution in [2.24, 2.45) is 5.92 Å². The minimum absolute atomic E-state index is 0.102. The summed E-state index contributed by atoms with van der Waals surface area (Å²) in [5, 5.41) is 3.08. The predicted octanol–water partition coefficient (Wildman–Crippen LogP) is 1.65. The van der Waals surface area contributed by atoms with Crippen LogP contribution in [0, 0.1) is 5.92 Å². The molecule has 1 atom stereocenters. The van der Waals surface area contributed by atoms with Crippen molar-refractivity contribution in [3.63, 3.8) is 0 Å². The molecule has 1 unspecified atom stereocenters. The smallest absolute Gasteiger partial charge is 0.220 e. The summed E-state index contributed by atoms with van der Waals surface area (Å²) in [5.74, 6) is 0.706. The molecule has 0 radical (unpaired) electrons. The lowest BCUT2D eigenvalue weighted by atomic mass is 9.93. The van der Waals surface area contributed by atoms with Crippen molar-refractivity contribution in [1.29, 1.82) is 0 Å². The first-order valence-electron chi connectivity index (χ1n) is 7.94. The Balaban J connectivity index is 1.69. The highest BCUT2D eigenvalue weighted by molar-refractivity contribution is 5.76. The highest BCUT2D eigenvalue weighted by Crippen LogP contribution is 2.20. The number of hydrogen-bond donors (Lipinski definition) is 1. The Morgan fingerprint density at radius 2 is 2.19 bits per heavy atom. The molecule has 1 aromatic heterocycles. The van der Waals surface area contributed by atoms with E-state index in [-0.39, 0.29) is 11.9 Å². The second-order valence-electron chi connectivity index (χ2n) is 5.95. The molecule has 0 bridgehead atoms. The van der Waals surface area contributed by atoms with Crippen LogP contribution < -0.4 is 5.32 Å². The van der Waals surface area contributed by atoms with E-state index < -0.39 is 0 Å². The third-order valence-corrected chi connectivity index (χ3v) is 4.17. The van der Waals surface area contributed by atoms with Gasteiger partial charge in [-0.05, 0) is 45.3 Å². The molecule has 116 valence electrons. The van der Waals surface area contributed by atoms with E-state index in [0.717, 1.165) is 44.6 Å². The van der Waals surface area contributed by atoms with Gasteiger partial charge in [0.15, 0.2) is 0 Å². The van der Waals surface area contributed by atoms with Crippen LogP contribution in [0.1, 0.15) is 38.8 Å². The molecule has 0 saturated carbocycles. The maximum absolute atomic E-state index is 12.1. The van der Waals surface area contributed by atoms with Gasteiger partial charge < -0.3 is 10.2 Å². The van der Waals surface area contributed by atoms with Crippen molar-refractivity contribution in [3.05, 3.63) is 24.3 Å². The minimum atomic E-state index is 0.102. The lowest BCUT2D eigenvalue weighted by molar-refractivity contribution is -0.122. The van der Waals surface area contributed by atoms with Crippen molar-refractivity contribution < 1.29 is 4.79 Å². The lowest BCUT2D eigenvalue weighted by Crippen LogP contribution is -2.38. The van der Waals surface area contributed by atoms with Crippen LogP contribution in [0.5, 0.6) is 0 Å². The summed E-state index contributed by atoms with van der Waals surface area (Å²) in [6.07, 6.45) is 8.76. The van der Waals surface area contributed by atoms with Gasteiger partial charge in [0, 0.05) is 37.5 Å². The van der Waals surface area contributed by atoms with Gasteiger partial charge in [0.05, 0.1) is 5.69 Å². The molecule has 1 amide bonds. The quantitative estimate of drug-likeness (QED) is 0.865. The number of aromatic nitrogens is 2. The van der Waals surface area contributed by atoms with E-state index >= 15 is 0 Å². The summed E-state index contributed by atoms with van der Waals surface area (Å²) in [5.41, 5.74) is 0.918. The van der Waals surface area contributed by atoms with Gasteiger partial charge >= 0.3 is 0 Å². The number of amides is 1. The van der Waals surface area contributed by atoms with Gasteiger partial charge in [0.25, 0.3) is 0 Å². The zero-order valence-electron chi connectivity index (χ0n) is 13.1.